The molecule has 0 heterocycles. The summed E-state index contributed by atoms with van der Waals surface area (Å²) in [6.45, 7) is 4.71. The van der Waals surface area contributed by atoms with Crippen LogP contribution < -0.4 is 10.0 Å². The third-order valence-corrected chi connectivity index (χ3v) is 5.50. The van der Waals surface area contributed by atoms with Crippen LogP contribution in [0.1, 0.15) is 31.1 Å². The molecule has 0 aliphatic carbocycles. The van der Waals surface area contributed by atoms with Crippen molar-refractivity contribution in [2.24, 2.45) is 0 Å². The lowest BCUT2D eigenvalue weighted by molar-refractivity contribution is 0.102. The van der Waals surface area contributed by atoms with Gasteiger partial charge in [0.2, 0.25) is 10.0 Å². The van der Waals surface area contributed by atoms with Crippen molar-refractivity contribution in [3.63, 3.8) is 0 Å². The lowest BCUT2D eigenvalue weighted by atomic mass is 10.2. The number of nitrogens with one attached hydrogen (secondary N) is 2. The van der Waals surface area contributed by atoms with Crippen molar-refractivity contribution in [1.82, 2.24) is 0 Å². The summed E-state index contributed by atoms with van der Waals surface area (Å²) in [6, 6.07) is 8.77. The maximum Gasteiger partial charge on any atom is 0.255 e. The Bertz CT molecular complexity index is 889. The van der Waals surface area contributed by atoms with E-state index in [0.717, 1.165) is 12.1 Å². The van der Waals surface area contributed by atoms with Crippen molar-refractivity contribution in [3.05, 3.63) is 59.7 Å². The average Bonchev–Trinajstić information content (AvgIpc) is 2.50. The van der Waals surface area contributed by atoms with Crippen molar-refractivity contribution < 1.29 is 22.0 Å². The van der Waals surface area contributed by atoms with Gasteiger partial charge in [0.05, 0.1) is 4.75 Å². The third-order valence-electron chi connectivity index (χ3n) is 3.38. The molecule has 0 radical (unpaired) electrons. The van der Waals surface area contributed by atoms with Crippen LogP contribution in [0.25, 0.3) is 0 Å². The van der Waals surface area contributed by atoms with Crippen molar-refractivity contribution in [3.8, 4) is 0 Å². The zero-order valence-electron chi connectivity index (χ0n) is 13.9. The first-order valence-corrected chi connectivity index (χ1v) is 8.87. The van der Waals surface area contributed by atoms with Gasteiger partial charge in [-0.1, -0.05) is 0 Å². The van der Waals surface area contributed by atoms with E-state index in [2.05, 4.69) is 10.0 Å². The lowest BCUT2D eigenvalue weighted by Gasteiger charge is -2.20. The van der Waals surface area contributed by atoms with Crippen molar-refractivity contribution in [2.45, 2.75) is 25.5 Å². The lowest BCUT2D eigenvalue weighted by Crippen LogP contribution is -2.33. The first-order valence-electron chi connectivity index (χ1n) is 7.38. The van der Waals surface area contributed by atoms with Gasteiger partial charge in [-0.25, -0.2) is 17.2 Å². The Morgan fingerprint density at radius 1 is 0.920 bits per heavy atom. The van der Waals surface area contributed by atoms with Gasteiger partial charge in [-0.2, -0.15) is 0 Å². The highest BCUT2D eigenvalue weighted by atomic mass is 32.2. The Hall–Kier alpha value is -2.48. The number of anilines is 2. The highest BCUT2D eigenvalue weighted by Crippen LogP contribution is 2.20. The maximum atomic E-state index is 13.1. The summed E-state index contributed by atoms with van der Waals surface area (Å²) in [5.74, 6) is -2.60. The topological polar surface area (TPSA) is 75.3 Å². The van der Waals surface area contributed by atoms with Gasteiger partial charge in [-0.05, 0) is 57.2 Å². The fourth-order valence-corrected chi connectivity index (χ4v) is 2.53. The summed E-state index contributed by atoms with van der Waals surface area (Å²) in [5, 5.41) is 2.43. The predicted octanol–water partition coefficient (Wildman–Crippen LogP) is 3.76. The molecule has 0 aliphatic rings. The minimum Gasteiger partial charge on any atom is -0.322 e. The molecular formula is C17H18F2N2O3S. The molecule has 5 nitrogen and oxygen atoms in total. The second-order valence-electron chi connectivity index (χ2n) is 6.38. The van der Waals surface area contributed by atoms with Gasteiger partial charge in [0.25, 0.3) is 5.91 Å². The molecule has 134 valence electrons. The van der Waals surface area contributed by atoms with E-state index in [1.807, 2.05) is 0 Å². The van der Waals surface area contributed by atoms with E-state index < -0.39 is 32.3 Å². The molecule has 2 aromatic rings. The van der Waals surface area contributed by atoms with Crippen LogP contribution >= 0.6 is 0 Å². The monoisotopic (exact) mass is 368 g/mol. The van der Waals surface area contributed by atoms with Gasteiger partial charge in [0.1, 0.15) is 0 Å². The van der Waals surface area contributed by atoms with Crippen LogP contribution in [0.5, 0.6) is 0 Å². The Morgan fingerprint density at radius 3 is 2.00 bits per heavy atom. The van der Waals surface area contributed by atoms with Crippen LogP contribution in [0.15, 0.2) is 42.5 Å². The van der Waals surface area contributed by atoms with E-state index in [0.29, 0.717) is 5.69 Å². The van der Waals surface area contributed by atoms with E-state index in [9.17, 15) is 22.0 Å². The number of benzene rings is 2. The van der Waals surface area contributed by atoms with Gasteiger partial charge in [-0.3, -0.25) is 9.52 Å². The standard InChI is InChI=1S/C17H18F2N2O3S/c1-17(2,3)25(23,24)21-12-6-4-11(5-7-12)16(22)20-13-8-9-14(18)15(19)10-13/h4-10,21H,1-3H3,(H,20,22). The summed E-state index contributed by atoms with van der Waals surface area (Å²) in [5.41, 5.74) is 0.671. The highest BCUT2D eigenvalue weighted by molar-refractivity contribution is 7.94. The van der Waals surface area contributed by atoms with Crippen molar-refractivity contribution >= 4 is 27.3 Å². The zero-order valence-corrected chi connectivity index (χ0v) is 14.7. The molecule has 8 heteroatoms. The van der Waals surface area contributed by atoms with Gasteiger partial charge >= 0.3 is 0 Å². The molecule has 0 atom stereocenters. The van der Waals surface area contributed by atoms with E-state index in [1.165, 1.54) is 30.3 Å². The molecule has 0 saturated carbocycles. The van der Waals surface area contributed by atoms with Crippen molar-refractivity contribution in [1.29, 1.82) is 0 Å². The van der Waals surface area contributed by atoms with E-state index in [1.54, 1.807) is 20.8 Å². The number of rotatable bonds is 4. The minimum absolute atomic E-state index is 0.112. The quantitative estimate of drug-likeness (QED) is 0.863. The van der Waals surface area contributed by atoms with E-state index in [4.69, 9.17) is 0 Å². The number of amides is 1. The Balaban J connectivity index is 2.11. The summed E-state index contributed by atoms with van der Waals surface area (Å²) in [4.78, 5) is 12.1. The van der Waals surface area contributed by atoms with Crippen LogP contribution in [-0.2, 0) is 10.0 Å². The fourth-order valence-electron chi connectivity index (χ4n) is 1.78. The second kappa shape index (κ2) is 6.79. The van der Waals surface area contributed by atoms with Crippen LogP contribution in [0.4, 0.5) is 20.2 Å². The van der Waals surface area contributed by atoms with Gasteiger partial charge in [0, 0.05) is 23.0 Å². The Morgan fingerprint density at radius 2 is 1.48 bits per heavy atom. The first-order chi connectivity index (χ1) is 11.5. The molecule has 2 rings (SSSR count). The smallest absolute Gasteiger partial charge is 0.255 e. The molecule has 0 bridgehead atoms. The summed E-state index contributed by atoms with van der Waals surface area (Å²) in [6.07, 6.45) is 0. The third kappa shape index (κ3) is 4.54. The van der Waals surface area contributed by atoms with Crippen LogP contribution in [-0.4, -0.2) is 19.1 Å². The fraction of sp³-hybridized carbons (Fsp3) is 0.235. The molecule has 1 amide bonds. The first kappa shape index (κ1) is 18.9. The van der Waals surface area contributed by atoms with Crippen LogP contribution in [0.2, 0.25) is 0 Å². The van der Waals surface area contributed by atoms with Gasteiger partial charge in [0.15, 0.2) is 11.6 Å². The molecule has 2 N–H and O–H groups in total. The molecule has 25 heavy (non-hydrogen) atoms. The zero-order chi connectivity index (χ0) is 18.8. The minimum atomic E-state index is -3.57. The molecular weight excluding hydrogens is 350 g/mol. The molecule has 0 unspecified atom stereocenters. The number of carbonyl (C=O) groups excluding carboxylic acids is 1. The number of carbonyl (C=O) groups is 1. The van der Waals surface area contributed by atoms with Crippen LogP contribution in [0, 0.1) is 11.6 Å². The summed E-state index contributed by atoms with van der Waals surface area (Å²) in [7, 11) is -3.57. The second-order valence-corrected chi connectivity index (χ2v) is 8.81. The van der Waals surface area contributed by atoms with E-state index in [-0.39, 0.29) is 11.3 Å². The van der Waals surface area contributed by atoms with Crippen LogP contribution in [0.3, 0.4) is 0 Å². The molecule has 0 spiro atoms. The molecule has 0 saturated heterocycles. The normalized spacial score (nSPS) is 11.9. The van der Waals surface area contributed by atoms with Gasteiger partial charge < -0.3 is 5.32 Å². The molecule has 0 fully saturated rings. The SMILES string of the molecule is CC(C)(C)S(=O)(=O)Nc1ccc(C(=O)Nc2ccc(F)c(F)c2)cc1. The maximum absolute atomic E-state index is 13.1. The number of hydrogen-bond acceptors (Lipinski definition) is 3. The number of halogens is 2. The summed E-state index contributed by atoms with van der Waals surface area (Å²) < 4.78 is 51.7. The Labute approximate surface area is 145 Å². The van der Waals surface area contributed by atoms with Crippen molar-refractivity contribution in [2.75, 3.05) is 10.0 Å². The molecule has 0 aliphatic heterocycles. The number of hydrogen-bond donors (Lipinski definition) is 2. The number of sulfonamides is 1. The highest BCUT2D eigenvalue weighted by Gasteiger charge is 2.28. The predicted molar refractivity (Wildman–Crippen MR) is 93.0 cm³/mol. The molecule has 2 aromatic carbocycles. The average molecular weight is 368 g/mol. The molecule has 0 aromatic heterocycles. The van der Waals surface area contributed by atoms with E-state index >= 15 is 0 Å². The van der Waals surface area contributed by atoms with Gasteiger partial charge in [-0.15, -0.1) is 0 Å². The largest absolute Gasteiger partial charge is 0.322 e. The summed E-state index contributed by atoms with van der Waals surface area (Å²) >= 11 is 0. The Kier molecular flexibility index (Phi) is 5.12.